The lowest BCUT2D eigenvalue weighted by atomic mass is 9.96. The van der Waals surface area contributed by atoms with Crippen LogP contribution in [-0.4, -0.2) is 12.6 Å². The van der Waals surface area contributed by atoms with Crippen molar-refractivity contribution in [1.29, 1.82) is 0 Å². The average molecular weight is 205 g/mol. The summed E-state index contributed by atoms with van der Waals surface area (Å²) in [7, 11) is 0. The summed E-state index contributed by atoms with van der Waals surface area (Å²) in [5, 5.41) is 0. The first-order valence-corrected chi connectivity index (χ1v) is 5.76. The molecule has 0 aliphatic heterocycles. The highest BCUT2D eigenvalue weighted by molar-refractivity contribution is 5.37. The first kappa shape index (κ1) is 10.5. The minimum atomic E-state index is 0.448. The summed E-state index contributed by atoms with van der Waals surface area (Å²) < 4.78 is 5.93. The zero-order valence-corrected chi connectivity index (χ0v) is 9.33. The molecule has 1 saturated carbocycles. The Hall–Kier alpha value is -1.02. The first-order valence-electron chi connectivity index (χ1n) is 5.76. The van der Waals surface area contributed by atoms with E-state index >= 15 is 0 Å². The molecule has 2 heteroatoms. The molecule has 15 heavy (non-hydrogen) atoms. The third kappa shape index (κ3) is 2.51. The van der Waals surface area contributed by atoms with E-state index in [2.05, 4.69) is 25.1 Å². The van der Waals surface area contributed by atoms with Crippen LogP contribution in [0.3, 0.4) is 0 Å². The Morgan fingerprint density at radius 2 is 2.20 bits per heavy atom. The molecule has 0 amide bonds. The van der Waals surface area contributed by atoms with Gasteiger partial charge in [-0.05, 0) is 50.8 Å². The predicted molar refractivity (Wildman–Crippen MR) is 62.2 cm³/mol. The molecule has 0 aromatic heterocycles. The first-order chi connectivity index (χ1) is 7.29. The highest BCUT2D eigenvalue weighted by atomic mass is 16.5. The number of hydrogen-bond acceptors (Lipinski definition) is 2. The molecule has 1 aliphatic carbocycles. The molecule has 1 aromatic rings. The van der Waals surface area contributed by atoms with E-state index in [1.54, 1.807) is 0 Å². The van der Waals surface area contributed by atoms with Crippen LogP contribution in [0.15, 0.2) is 18.2 Å². The van der Waals surface area contributed by atoms with Gasteiger partial charge in [0.25, 0.3) is 0 Å². The van der Waals surface area contributed by atoms with E-state index < -0.39 is 0 Å². The lowest BCUT2D eigenvalue weighted by Gasteiger charge is -2.27. The van der Waals surface area contributed by atoms with Crippen molar-refractivity contribution in [3.63, 3.8) is 0 Å². The van der Waals surface area contributed by atoms with E-state index in [9.17, 15) is 0 Å². The molecule has 0 bridgehead atoms. The zero-order chi connectivity index (χ0) is 10.7. The molecule has 0 atom stereocenters. The molecular weight excluding hydrogens is 186 g/mol. The molecule has 0 radical (unpaired) electrons. The average Bonchev–Trinajstić information content (AvgIpc) is 2.14. The number of aryl methyl sites for hydroxylation is 1. The summed E-state index contributed by atoms with van der Waals surface area (Å²) in [6.07, 6.45) is 5.07. The molecule has 1 aliphatic rings. The summed E-state index contributed by atoms with van der Waals surface area (Å²) in [6.45, 7) is 2.79. The van der Waals surface area contributed by atoms with E-state index in [0.717, 1.165) is 12.2 Å². The molecule has 2 rings (SSSR count). The molecule has 2 nitrogen and oxygen atoms in total. The third-order valence-corrected chi connectivity index (χ3v) is 2.98. The Balaban J connectivity index is 2.12. The van der Waals surface area contributed by atoms with Crippen LogP contribution < -0.4 is 10.5 Å². The number of nitrogens with two attached hydrogens (primary N) is 1. The van der Waals surface area contributed by atoms with Crippen LogP contribution in [0, 0.1) is 6.92 Å². The molecule has 2 N–H and O–H groups in total. The van der Waals surface area contributed by atoms with Gasteiger partial charge in [0, 0.05) is 0 Å². The van der Waals surface area contributed by atoms with Crippen LogP contribution in [-0.2, 0) is 6.42 Å². The Morgan fingerprint density at radius 1 is 1.40 bits per heavy atom. The Kier molecular flexibility index (Phi) is 3.27. The van der Waals surface area contributed by atoms with E-state index in [1.165, 1.54) is 30.4 Å². The monoisotopic (exact) mass is 205 g/mol. The van der Waals surface area contributed by atoms with Gasteiger partial charge in [0.05, 0.1) is 6.10 Å². The van der Waals surface area contributed by atoms with E-state index in [-0.39, 0.29) is 0 Å². The Bertz CT molecular complexity index is 331. The number of benzene rings is 1. The van der Waals surface area contributed by atoms with Crippen molar-refractivity contribution in [1.82, 2.24) is 0 Å². The van der Waals surface area contributed by atoms with Gasteiger partial charge in [-0.3, -0.25) is 0 Å². The van der Waals surface area contributed by atoms with Gasteiger partial charge in [-0.25, -0.2) is 0 Å². The fraction of sp³-hybridized carbons (Fsp3) is 0.538. The fourth-order valence-electron chi connectivity index (χ4n) is 1.84. The normalized spacial score (nSPS) is 16.1. The predicted octanol–water partition coefficient (Wildman–Crippen LogP) is 2.43. The maximum atomic E-state index is 5.93. The third-order valence-electron chi connectivity index (χ3n) is 2.98. The van der Waals surface area contributed by atoms with Gasteiger partial charge in [-0.1, -0.05) is 17.7 Å². The zero-order valence-electron chi connectivity index (χ0n) is 9.33. The standard InChI is InChI=1S/C13H19NO/c1-10-5-6-13(11(9-10)7-8-14)15-12-3-2-4-12/h5-6,9,12H,2-4,7-8,14H2,1H3. The number of rotatable bonds is 4. The summed E-state index contributed by atoms with van der Waals surface area (Å²) in [6, 6.07) is 6.37. The van der Waals surface area contributed by atoms with Gasteiger partial charge >= 0.3 is 0 Å². The van der Waals surface area contributed by atoms with Crippen molar-refractivity contribution >= 4 is 0 Å². The molecule has 0 heterocycles. The van der Waals surface area contributed by atoms with E-state index in [4.69, 9.17) is 10.5 Å². The van der Waals surface area contributed by atoms with Crippen LogP contribution in [0.2, 0.25) is 0 Å². The topological polar surface area (TPSA) is 35.2 Å². The second-order valence-electron chi connectivity index (χ2n) is 4.32. The molecule has 82 valence electrons. The maximum Gasteiger partial charge on any atom is 0.122 e. The van der Waals surface area contributed by atoms with Gasteiger partial charge in [0.1, 0.15) is 5.75 Å². The van der Waals surface area contributed by atoms with Crippen molar-refractivity contribution < 1.29 is 4.74 Å². The van der Waals surface area contributed by atoms with Crippen LogP contribution >= 0.6 is 0 Å². The second-order valence-corrected chi connectivity index (χ2v) is 4.32. The Labute approximate surface area is 91.4 Å². The van der Waals surface area contributed by atoms with Crippen molar-refractivity contribution in [2.45, 2.75) is 38.7 Å². The molecule has 1 aromatic carbocycles. The molecular formula is C13H19NO. The van der Waals surface area contributed by atoms with Crippen molar-refractivity contribution in [2.75, 3.05) is 6.54 Å². The van der Waals surface area contributed by atoms with Gasteiger partial charge in [-0.15, -0.1) is 0 Å². The fourth-order valence-corrected chi connectivity index (χ4v) is 1.84. The lowest BCUT2D eigenvalue weighted by Crippen LogP contribution is -2.25. The van der Waals surface area contributed by atoms with Gasteiger partial charge < -0.3 is 10.5 Å². The summed E-state index contributed by atoms with van der Waals surface area (Å²) >= 11 is 0. The second kappa shape index (κ2) is 4.67. The highest BCUT2D eigenvalue weighted by Crippen LogP contribution is 2.28. The van der Waals surface area contributed by atoms with Crippen molar-refractivity contribution in [2.24, 2.45) is 5.73 Å². The minimum Gasteiger partial charge on any atom is -0.490 e. The summed E-state index contributed by atoms with van der Waals surface area (Å²) in [5.74, 6) is 1.04. The molecule has 0 unspecified atom stereocenters. The number of ether oxygens (including phenoxy) is 1. The van der Waals surface area contributed by atoms with E-state index in [1.807, 2.05) is 0 Å². The Morgan fingerprint density at radius 3 is 2.80 bits per heavy atom. The van der Waals surface area contributed by atoms with Crippen LogP contribution in [0.25, 0.3) is 0 Å². The summed E-state index contributed by atoms with van der Waals surface area (Å²) in [4.78, 5) is 0. The van der Waals surface area contributed by atoms with Gasteiger partial charge in [-0.2, -0.15) is 0 Å². The number of hydrogen-bond donors (Lipinski definition) is 1. The van der Waals surface area contributed by atoms with Crippen molar-refractivity contribution in [3.8, 4) is 5.75 Å². The molecule has 1 fully saturated rings. The van der Waals surface area contributed by atoms with E-state index in [0.29, 0.717) is 12.6 Å². The maximum absolute atomic E-state index is 5.93. The SMILES string of the molecule is Cc1ccc(OC2CCC2)c(CCN)c1. The van der Waals surface area contributed by atoms with Gasteiger partial charge in [0.15, 0.2) is 0 Å². The summed E-state index contributed by atoms with van der Waals surface area (Å²) in [5.41, 5.74) is 8.13. The van der Waals surface area contributed by atoms with Crippen molar-refractivity contribution in [3.05, 3.63) is 29.3 Å². The van der Waals surface area contributed by atoms with Crippen LogP contribution in [0.1, 0.15) is 30.4 Å². The quantitative estimate of drug-likeness (QED) is 0.819. The highest BCUT2D eigenvalue weighted by Gasteiger charge is 2.20. The molecule has 0 saturated heterocycles. The largest absolute Gasteiger partial charge is 0.490 e. The van der Waals surface area contributed by atoms with Crippen LogP contribution in [0.4, 0.5) is 0 Å². The van der Waals surface area contributed by atoms with Gasteiger partial charge in [0.2, 0.25) is 0 Å². The minimum absolute atomic E-state index is 0.448. The smallest absolute Gasteiger partial charge is 0.122 e. The van der Waals surface area contributed by atoms with Crippen LogP contribution in [0.5, 0.6) is 5.75 Å². The molecule has 0 spiro atoms. The lowest BCUT2D eigenvalue weighted by molar-refractivity contribution is 0.119.